The Morgan fingerprint density at radius 3 is 3.08 bits per heavy atom. The maximum Gasteiger partial charge on any atom is 0.125 e. The lowest BCUT2D eigenvalue weighted by Crippen LogP contribution is -1.92. The smallest absolute Gasteiger partial charge is 0.125 e. The number of carbonyl (C=O) groups excluding carboxylic acids is 1. The Bertz CT molecular complexity index is 349. The van der Waals surface area contributed by atoms with Gasteiger partial charge in [0, 0.05) is 12.1 Å². The molecule has 0 saturated heterocycles. The molecule has 0 atom stereocenters. The van der Waals surface area contributed by atoms with E-state index < -0.39 is 0 Å². The Morgan fingerprint density at radius 1 is 1.54 bits per heavy atom. The van der Waals surface area contributed by atoms with Gasteiger partial charge in [-0.3, -0.25) is 0 Å². The van der Waals surface area contributed by atoms with Crippen LogP contribution in [0.5, 0.6) is 0 Å². The van der Waals surface area contributed by atoms with Gasteiger partial charge in [0.15, 0.2) is 0 Å². The van der Waals surface area contributed by atoms with Crippen molar-refractivity contribution in [1.29, 1.82) is 0 Å². The lowest BCUT2D eigenvalue weighted by molar-refractivity contribution is -0.107. The van der Waals surface area contributed by atoms with Gasteiger partial charge in [-0.25, -0.2) is 4.98 Å². The van der Waals surface area contributed by atoms with E-state index in [1.807, 2.05) is 0 Å². The van der Waals surface area contributed by atoms with Crippen molar-refractivity contribution in [2.45, 2.75) is 6.42 Å². The molecule has 0 aromatic carbocycles. The van der Waals surface area contributed by atoms with E-state index in [2.05, 4.69) is 16.8 Å². The van der Waals surface area contributed by atoms with Crippen LogP contribution in [0.4, 0.5) is 0 Å². The number of carbonyl (C=O) groups is 1. The molecule has 0 aliphatic rings. The first kappa shape index (κ1) is 9.43. The third-order valence-electron chi connectivity index (χ3n) is 1.39. The van der Waals surface area contributed by atoms with Crippen molar-refractivity contribution in [3.63, 3.8) is 0 Å². The number of rotatable bonds is 2. The number of pyridine rings is 1. The molecule has 0 aliphatic heterocycles. The predicted octanol–water partition coefficient (Wildman–Crippen LogP) is 0.167. The first-order chi connectivity index (χ1) is 6.36. The Balaban J connectivity index is 2.84. The van der Waals surface area contributed by atoms with Crippen LogP contribution in [0, 0.1) is 11.8 Å². The Hall–Kier alpha value is -1.66. The molecule has 3 nitrogen and oxygen atoms in total. The number of nitrogens with zero attached hydrogens (tertiary/aromatic N) is 1. The van der Waals surface area contributed by atoms with Crippen molar-refractivity contribution in [1.82, 2.24) is 4.98 Å². The van der Waals surface area contributed by atoms with Crippen LogP contribution < -0.4 is 0 Å². The molecule has 1 N–H and O–H groups in total. The number of hydrogen-bond donors (Lipinski definition) is 1. The van der Waals surface area contributed by atoms with E-state index >= 15 is 0 Å². The van der Waals surface area contributed by atoms with Gasteiger partial charge in [-0.2, -0.15) is 0 Å². The van der Waals surface area contributed by atoms with Crippen molar-refractivity contribution in [2.75, 3.05) is 6.61 Å². The molecule has 0 spiro atoms. The zero-order valence-corrected chi connectivity index (χ0v) is 7.03. The fourth-order valence-corrected chi connectivity index (χ4v) is 0.878. The molecular formula is C10H9NO2. The number of aldehydes is 1. The summed E-state index contributed by atoms with van der Waals surface area (Å²) >= 11 is 0. The molecule has 0 amide bonds. The summed E-state index contributed by atoms with van der Waals surface area (Å²) < 4.78 is 0. The topological polar surface area (TPSA) is 50.2 Å². The summed E-state index contributed by atoms with van der Waals surface area (Å²) in [4.78, 5) is 14.3. The summed E-state index contributed by atoms with van der Waals surface area (Å²) in [6.07, 6.45) is 1.10. The van der Waals surface area contributed by atoms with Crippen LogP contribution in [0.25, 0.3) is 0 Å². The fourth-order valence-electron chi connectivity index (χ4n) is 0.878. The van der Waals surface area contributed by atoms with Crippen LogP contribution in [0.1, 0.15) is 11.4 Å². The lowest BCUT2D eigenvalue weighted by Gasteiger charge is -1.94. The van der Waals surface area contributed by atoms with Crippen LogP contribution in [0.15, 0.2) is 18.2 Å². The highest BCUT2D eigenvalue weighted by molar-refractivity contribution is 5.53. The van der Waals surface area contributed by atoms with E-state index in [1.54, 1.807) is 18.2 Å². The molecule has 0 unspecified atom stereocenters. The van der Waals surface area contributed by atoms with Gasteiger partial charge in [0.05, 0.1) is 0 Å². The summed E-state index contributed by atoms with van der Waals surface area (Å²) in [5, 5.41) is 8.44. The third-order valence-corrected chi connectivity index (χ3v) is 1.39. The van der Waals surface area contributed by atoms with E-state index in [1.165, 1.54) is 0 Å². The molecule has 0 aliphatic carbocycles. The maximum absolute atomic E-state index is 10.2. The minimum atomic E-state index is -0.181. The first-order valence-electron chi connectivity index (χ1n) is 3.86. The summed E-state index contributed by atoms with van der Waals surface area (Å²) in [7, 11) is 0. The minimum Gasteiger partial charge on any atom is -0.384 e. The summed E-state index contributed by atoms with van der Waals surface area (Å²) in [5.41, 5.74) is 1.27. The fraction of sp³-hybridized carbons (Fsp3) is 0.200. The van der Waals surface area contributed by atoms with Crippen molar-refractivity contribution in [3.05, 3.63) is 29.6 Å². The molecule has 1 rings (SSSR count). The predicted molar refractivity (Wildman–Crippen MR) is 48.0 cm³/mol. The van der Waals surface area contributed by atoms with E-state index in [0.29, 0.717) is 17.8 Å². The van der Waals surface area contributed by atoms with Gasteiger partial charge in [0.2, 0.25) is 0 Å². The van der Waals surface area contributed by atoms with Crippen LogP contribution >= 0.6 is 0 Å². The molecule has 66 valence electrons. The average Bonchev–Trinajstić information content (AvgIpc) is 2.16. The van der Waals surface area contributed by atoms with Crippen molar-refractivity contribution in [2.24, 2.45) is 0 Å². The highest BCUT2D eigenvalue weighted by Gasteiger charge is 1.93. The van der Waals surface area contributed by atoms with E-state index in [4.69, 9.17) is 5.11 Å². The van der Waals surface area contributed by atoms with Crippen LogP contribution in [0.2, 0.25) is 0 Å². The van der Waals surface area contributed by atoms with Crippen molar-refractivity contribution in [3.8, 4) is 11.8 Å². The molecule has 3 heteroatoms. The molecular weight excluding hydrogens is 166 g/mol. The van der Waals surface area contributed by atoms with Crippen LogP contribution in [-0.4, -0.2) is 23.0 Å². The SMILES string of the molecule is O=CCc1cccc(C#CCO)n1. The number of hydrogen-bond acceptors (Lipinski definition) is 3. The normalized spacial score (nSPS) is 8.69. The molecule has 0 fully saturated rings. The quantitative estimate of drug-likeness (QED) is 0.514. The van der Waals surface area contributed by atoms with E-state index in [-0.39, 0.29) is 6.61 Å². The second-order valence-electron chi connectivity index (χ2n) is 2.34. The van der Waals surface area contributed by atoms with Crippen molar-refractivity contribution >= 4 is 6.29 Å². The Labute approximate surface area is 76.4 Å². The molecule has 1 aromatic heterocycles. The molecule has 13 heavy (non-hydrogen) atoms. The number of aliphatic hydroxyl groups is 1. The zero-order chi connectivity index (χ0) is 9.52. The molecule has 0 radical (unpaired) electrons. The van der Waals surface area contributed by atoms with E-state index in [9.17, 15) is 4.79 Å². The van der Waals surface area contributed by atoms with Gasteiger partial charge in [-0.15, -0.1) is 0 Å². The van der Waals surface area contributed by atoms with Crippen LogP contribution in [0.3, 0.4) is 0 Å². The summed E-state index contributed by atoms with van der Waals surface area (Å²) in [6.45, 7) is -0.181. The molecule has 0 bridgehead atoms. The Kier molecular flexibility index (Phi) is 3.68. The highest BCUT2D eigenvalue weighted by atomic mass is 16.2. The van der Waals surface area contributed by atoms with Gasteiger partial charge in [0.25, 0.3) is 0 Å². The summed E-state index contributed by atoms with van der Waals surface area (Å²) in [6, 6.07) is 5.28. The number of aromatic nitrogens is 1. The Morgan fingerprint density at radius 2 is 2.38 bits per heavy atom. The van der Waals surface area contributed by atoms with Gasteiger partial charge in [-0.05, 0) is 18.1 Å². The van der Waals surface area contributed by atoms with Gasteiger partial charge in [0.1, 0.15) is 18.6 Å². The van der Waals surface area contributed by atoms with Gasteiger partial charge in [-0.1, -0.05) is 12.0 Å². The molecule has 0 saturated carbocycles. The van der Waals surface area contributed by atoms with Gasteiger partial charge < -0.3 is 9.90 Å². The van der Waals surface area contributed by atoms with Crippen molar-refractivity contribution < 1.29 is 9.90 Å². The average molecular weight is 175 g/mol. The lowest BCUT2D eigenvalue weighted by atomic mass is 10.2. The van der Waals surface area contributed by atoms with Gasteiger partial charge >= 0.3 is 0 Å². The highest BCUT2D eigenvalue weighted by Crippen LogP contribution is 1.97. The minimum absolute atomic E-state index is 0.181. The standard InChI is InChI=1S/C10H9NO2/c12-7-2-5-9-3-1-4-10(11-9)6-8-13/h1,3-4,8,12H,6-7H2. The second kappa shape index (κ2) is 5.07. The monoisotopic (exact) mass is 175 g/mol. The first-order valence-corrected chi connectivity index (χ1v) is 3.86. The van der Waals surface area contributed by atoms with Crippen LogP contribution in [-0.2, 0) is 11.2 Å². The zero-order valence-electron chi connectivity index (χ0n) is 7.03. The largest absolute Gasteiger partial charge is 0.384 e. The second-order valence-corrected chi connectivity index (χ2v) is 2.34. The maximum atomic E-state index is 10.2. The molecule has 1 aromatic rings. The third kappa shape index (κ3) is 3.06. The number of aliphatic hydroxyl groups excluding tert-OH is 1. The molecule has 1 heterocycles. The van der Waals surface area contributed by atoms with E-state index in [0.717, 1.165) is 6.29 Å². The summed E-state index contributed by atoms with van der Waals surface area (Å²) in [5.74, 6) is 5.15.